The van der Waals surface area contributed by atoms with Crippen molar-refractivity contribution in [1.29, 1.82) is 0 Å². The number of carboxylic acid groups (broad SMARTS) is 1. The summed E-state index contributed by atoms with van der Waals surface area (Å²) in [7, 11) is 0. The average molecular weight is 415 g/mol. The summed E-state index contributed by atoms with van der Waals surface area (Å²) in [5.74, 6) is -52.8. The van der Waals surface area contributed by atoms with Crippen LogP contribution in [0.4, 0.5) is 65.9 Å². The van der Waals surface area contributed by atoms with Gasteiger partial charge in [0.25, 0.3) is 0 Å². The largest absolute Gasteiger partial charge is 0.477 e. The zero-order chi connectivity index (χ0) is 21.1. The predicted octanol–water partition coefficient (Wildman–Crippen LogP) is 4.45. The smallest absolute Gasteiger partial charge is 0.460 e. The number of aliphatic carboxylic acids is 1. The van der Waals surface area contributed by atoms with Gasteiger partial charge in [-0.1, -0.05) is 0 Å². The van der Waals surface area contributed by atoms with Crippen LogP contribution in [0.3, 0.4) is 0 Å². The molecular formula is C8HF15O2. The molecular weight excluding hydrogens is 414 g/mol. The molecule has 0 spiro atoms. The molecule has 0 heterocycles. The summed E-state index contributed by atoms with van der Waals surface area (Å²) in [5.41, 5.74) is 0. The molecule has 1 N–H and O–H groups in total. The van der Waals surface area contributed by atoms with Gasteiger partial charge in [-0.05, 0) is 0 Å². The summed E-state index contributed by atoms with van der Waals surface area (Å²) in [5, 5.41) is 7.57. The van der Waals surface area contributed by atoms with Crippen LogP contribution in [0.5, 0.6) is 0 Å². The molecule has 2 nitrogen and oxygen atoms in total. The van der Waals surface area contributed by atoms with Crippen molar-refractivity contribution >= 4 is 5.97 Å². The zero-order valence-corrected chi connectivity index (χ0v) is 10.5. The van der Waals surface area contributed by atoms with Gasteiger partial charge in [-0.3, -0.25) is 0 Å². The van der Waals surface area contributed by atoms with Crippen LogP contribution in [-0.2, 0) is 4.79 Å². The van der Waals surface area contributed by atoms with Gasteiger partial charge in [0.2, 0.25) is 0 Å². The molecule has 0 rings (SSSR count). The Kier molecular flexibility index (Phi) is 5.11. The van der Waals surface area contributed by atoms with Gasteiger partial charge in [0.15, 0.2) is 0 Å². The maximum atomic E-state index is 12.8. The summed E-state index contributed by atoms with van der Waals surface area (Å²) < 4.78 is 187. The van der Waals surface area contributed by atoms with Gasteiger partial charge in [-0.2, -0.15) is 65.9 Å². The Morgan fingerprint density at radius 2 is 0.720 bits per heavy atom. The van der Waals surface area contributed by atoms with Gasteiger partial charge in [0.1, 0.15) is 0 Å². The highest BCUT2D eigenvalue weighted by Crippen LogP contribution is 2.62. The Balaban J connectivity index is 6.55. The van der Waals surface area contributed by atoms with Gasteiger partial charge < -0.3 is 5.11 Å². The maximum absolute atomic E-state index is 12.8. The van der Waals surface area contributed by atoms with E-state index in [4.69, 9.17) is 5.11 Å². The molecule has 0 aromatic rings. The molecule has 0 aromatic carbocycles. The number of alkyl halides is 15. The topological polar surface area (TPSA) is 37.3 Å². The Labute approximate surface area is 125 Å². The Bertz CT molecular complexity index is 530. The molecule has 0 aliphatic carbocycles. The predicted molar refractivity (Wildman–Crippen MR) is 43.4 cm³/mol. The summed E-state index contributed by atoms with van der Waals surface area (Å²) >= 11 is 0. The summed E-state index contributed by atoms with van der Waals surface area (Å²) in [6.07, 6.45) is -7.69. The molecule has 0 aliphatic heterocycles. The van der Waals surface area contributed by atoms with E-state index in [1.165, 1.54) is 0 Å². The van der Waals surface area contributed by atoms with Gasteiger partial charge in [-0.25, -0.2) is 4.79 Å². The van der Waals surface area contributed by atoms with Crippen molar-refractivity contribution in [2.24, 2.45) is 0 Å². The number of rotatable bonds is 6. The molecule has 0 saturated heterocycles. The summed E-state index contributed by atoms with van der Waals surface area (Å²) in [6.45, 7) is 0. The summed E-state index contributed by atoms with van der Waals surface area (Å²) in [6, 6.07) is 0. The summed E-state index contributed by atoms with van der Waals surface area (Å²) in [4.78, 5) is 9.72. The lowest BCUT2D eigenvalue weighted by molar-refractivity contribution is -0.450. The van der Waals surface area contributed by atoms with E-state index in [0.717, 1.165) is 0 Å². The number of hydrogen-bond acceptors (Lipinski definition) is 1. The van der Waals surface area contributed by atoms with Crippen LogP contribution in [0, 0.1) is 0 Å². The van der Waals surface area contributed by atoms with E-state index in [-0.39, 0.29) is 0 Å². The van der Waals surface area contributed by atoms with Gasteiger partial charge in [0.05, 0.1) is 0 Å². The van der Waals surface area contributed by atoms with Crippen LogP contribution >= 0.6 is 0 Å². The van der Waals surface area contributed by atoms with Crippen molar-refractivity contribution in [1.82, 2.24) is 0 Å². The molecule has 0 unspecified atom stereocenters. The minimum Gasteiger partial charge on any atom is -0.477 e. The number of hydrogen-bond donors (Lipinski definition) is 1. The first-order chi connectivity index (χ1) is 10.4. The second kappa shape index (κ2) is 5.46. The van der Waals surface area contributed by atoms with Crippen LogP contribution in [0.25, 0.3) is 0 Å². The molecule has 150 valence electrons. The van der Waals surface area contributed by atoms with Crippen LogP contribution in [-0.4, -0.2) is 52.8 Å². The first-order valence-corrected chi connectivity index (χ1v) is 5.01. The molecule has 17 heteroatoms. The van der Waals surface area contributed by atoms with E-state index in [1.807, 2.05) is 0 Å². The second-order valence-corrected chi connectivity index (χ2v) is 4.25. The fourth-order valence-corrected chi connectivity index (χ4v) is 1.10. The average Bonchev–Trinajstić information content (AvgIpc) is 2.35. The van der Waals surface area contributed by atoms with Crippen LogP contribution < -0.4 is 0 Å². The minimum absolute atomic E-state index is 4.28. The first kappa shape index (κ1) is 23.4. The highest BCUT2D eigenvalue weighted by atomic mass is 19.4. The second-order valence-electron chi connectivity index (χ2n) is 4.25. The zero-order valence-electron chi connectivity index (χ0n) is 10.5. The van der Waals surface area contributed by atoms with Crippen LogP contribution in [0.2, 0.25) is 0 Å². The van der Waals surface area contributed by atoms with Crippen molar-refractivity contribution in [2.45, 2.75) is 41.7 Å². The monoisotopic (exact) mass is 415 g/mol. The quantitative estimate of drug-likeness (QED) is 0.515. The van der Waals surface area contributed by atoms with Crippen molar-refractivity contribution in [3.8, 4) is 0 Å². The van der Waals surface area contributed by atoms with Crippen molar-refractivity contribution in [2.75, 3.05) is 0 Å². The highest BCUT2D eigenvalue weighted by Gasteiger charge is 2.94. The van der Waals surface area contributed by atoms with E-state index in [1.54, 1.807) is 0 Å². The Morgan fingerprint density at radius 3 is 0.960 bits per heavy atom. The lowest BCUT2D eigenvalue weighted by atomic mass is 9.92. The molecule has 0 aromatic heterocycles. The van der Waals surface area contributed by atoms with E-state index in [0.29, 0.717) is 0 Å². The number of halogens is 15. The minimum atomic E-state index is -8.47. The molecule has 25 heavy (non-hydrogen) atoms. The third kappa shape index (κ3) is 2.74. The maximum Gasteiger partial charge on any atom is 0.460 e. The van der Waals surface area contributed by atoms with E-state index in [2.05, 4.69) is 0 Å². The molecule has 0 amide bonds. The van der Waals surface area contributed by atoms with Crippen molar-refractivity contribution in [3.63, 3.8) is 0 Å². The number of carbonyl (C=O) groups is 1. The lowest BCUT2D eigenvalue weighted by Gasteiger charge is -2.40. The first-order valence-electron chi connectivity index (χ1n) is 5.01. The van der Waals surface area contributed by atoms with E-state index >= 15 is 0 Å². The number of carboxylic acids is 1. The van der Waals surface area contributed by atoms with Crippen molar-refractivity contribution in [3.05, 3.63) is 0 Å². The standard InChI is InChI=1S/C8HF15O2/c9-2(10,1(24)25)3(11,12)4(13,14)5(15,16)6(17,18)7(19,20)8(21,22)23/h(H,24,25)/i1+1. The van der Waals surface area contributed by atoms with Gasteiger partial charge in [-0.15, -0.1) is 0 Å². The van der Waals surface area contributed by atoms with Crippen LogP contribution in [0.15, 0.2) is 0 Å². The fourth-order valence-electron chi connectivity index (χ4n) is 1.10. The molecule has 0 saturated carbocycles. The molecule has 0 bridgehead atoms. The highest BCUT2D eigenvalue weighted by molar-refractivity contribution is 5.77. The normalized spacial score (nSPS) is 16.1. The fraction of sp³-hybridized carbons (Fsp3) is 0.875. The Morgan fingerprint density at radius 1 is 0.480 bits per heavy atom. The molecule has 0 atom stereocenters. The van der Waals surface area contributed by atoms with E-state index < -0.39 is 47.7 Å². The van der Waals surface area contributed by atoms with Gasteiger partial charge in [0, 0.05) is 0 Å². The van der Waals surface area contributed by atoms with Crippen LogP contribution in [0.1, 0.15) is 0 Å². The Hall–Kier alpha value is -1.58. The third-order valence-corrected chi connectivity index (χ3v) is 2.60. The lowest BCUT2D eigenvalue weighted by Crippen LogP contribution is -2.73. The molecule has 0 radical (unpaired) electrons. The van der Waals surface area contributed by atoms with E-state index in [9.17, 15) is 70.7 Å². The molecule has 0 aliphatic rings. The SMILES string of the molecule is O=[13C](O)C(F)(F)C(F)(F)C(F)(F)C(F)(F)C(F)(F)C(F)(F)C(F)(F)F. The van der Waals surface area contributed by atoms with Crippen molar-refractivity contribution < 1.29 is 75.8 Å². The van der Waals surface area contributed by atoms with Gasteiger partial charge >= 0.3 is 47.7 Å². The third-order valence-electron chi connectivity index (χ3n) is 2.60. The molecule has 0 fully saturated rings.